The molecule has 2 atom stereocenters. The van der Waals surface area contributed by atoms with Gasteiger partial charge in [-0.2, -0.15) is 0 Å². The van der Waals surface area contributed by atoms with Crippen molar-refractivity contribution in [3.63, 3.8) is 0 Å². The van der Waals surface area contributed by atoms with Crippen molar-refractivity contribution in [3.8, 4) is 0 Å². The molecule has 0 aliphatic heterocycles. The monoisotopic (exact) mass is 227 g/mol. The first-order valence-corrected chi connectivity index (χ1v) is 5.21. The Balaban J connectivity index is 2.68. The average Bonchev–Trinajstić information content (AvgIpc) is 2.28. The van der Waals surface area contributed by atoms with Gasteiger partial charge in [0, 0.05) is 0 Å². The zero-order valence-corrected chi connectivity index (χ0v) is 9.28. The maximum atomic E-state index is 11.3. The van der Waals surface area contributed by atoms with Crippen molar-refractivity contribution in [2.24, 2.45) is 5.73 Å². The van der Waals surface area contributed by atoms with E-state index >= 15 is 0 Å². The molecule has 2 unspecified atom stereocenters. The van der Waals surface area contributed by atoms with E-state index in [1.165, 1.54) is 0 Å². The molecule has 0 bridgehead atoms. The second-order valence-corrected chi connectivity index (χ2v) is 3.56. The molecule has 2 N–H and O–H groups in total. The standard InChI is InChI=1S/C11H14ClNO2/c1-2-15-11(14)10(13)9(12)8-6-4-3-5-7-8/h3-7,9-10H,2,13H2,1H3. The second-order valence-electron chi connectivity index (χ2n) is 3.09. The number of benzene rings is 1. The molecule has 0 spiro atoms. The van der Waals surface area contributed by atoms with Gasteiger partial charge < -0.3 is 10.5 Å². The van der Waals surface area contributed by atoms with Gasteiger partial charge in [-0.1, -0.05) is 30.3 Å². The summed E-state index contributed by atoms with van der Waals surface area (Å²) in [5.41, 5.74) is 6.49. The van der Waals surface area contributed by atoms with E-state index < -0.39 is 17.4 Å². The van der Waals surface area contributed by atoms with E-state index in [9.17, 15) is 4.79 Å². The minimum atomic E-state index is -0.825. The fraction of sp³-hybridized carbons (Fsp3) is 0.364. The highest BCUT2D eigenvalue weighted by atomic mass is 35.5. The lowest BCUT2D eigenvalue weighted by Gasteiger charge is -2.16. The lowest BCUT2D eigenvalue weighted by Crippen LogP contribution is -2.36. The van der Waals surface area contributed by atoms with Crippen LogP contribution in [0.3, 0.4) is 0 Å². The molecule has 1 rings (SSSR count). The zero-order chi connectivity index (χ0) is 11.3. The van der Waals surface area contributed by atoms with Crippen LogP contribution in [0, 0.1) is 0 Å². The fourth-order valence-corrected chi connectivity index (χ4v) is 1.45. The van der Waals surface area contributed by atoms with Crippen molar-refractivity contribution in [1.29, 1.82) is 0 Å². The van der Waals surface area contributed by atoms with E-state index in [1.54, 1.807) is 6.92 Å². The minimum absolute atomic E-state index is 0.310. The molecule has 0 heterocycles. The summed E-state index contributed by atoms with van der Waals surface area (Å²) in [7, 11) is 0. The first kappa shape index (κ1) is 12.0. The third-order valence-electron chi connectivity index (χ3n) is 1.99. The molecule has 15 heavy (non-hydrogen) atoms. The van der Waals surface area contributed by atoms with Crippen LogP contribution in [0.15, 0.2) is 30.3 Å². The number of nitrogens with two attached hydrogens (primary N) is 1. The quantitative estimate of drug-likeness (QED) is 0.631. The summed E-state index contributed by atoms with van der Waals surface area (Å²) in [6.07, 6.45) is 0. The summed E-state index contributed by atoms with van der Waals surface area (Å²) in [5.74, 6) is -0.471. The Morgan fingerprint density at radius 2 is 2.07 bits per heavy atom. The summed E-state index contributed by atoms with van der Waals surface area (Å²) in [6.45, 7) is 2.04. The number of carbonyl (C=O) groups is 1. The SMILES string of the molecule is CCOC(=O)C(N)C(Cl)c1ccccc1. The number of hydrogen-bond donors (Lipinski definition) is 1. The largest absolute Gasteiger partial charge is 0.465 e. The van der Waals surface area contributed by atoms with E-state index in [4.69, 9.17) is 22.1 Å². The summed E-state index contributed by atoms with van der Waals surface area (Å²) < 4.78 is 4.80. The van der Waals surface area contributed by atoms with Crippen LogP contribution >= 0.6 is 11.6 Å². The number of carbonyl (C=O) groups excluding carboxylic acids is 1. The summed E-state index contributed by atoms with van der Waals surface area (Å²) in [6, 6.07) is 8.41. The molecule has 0 saturated heterocycles. The first-order valence-electron chi connectivity index (χ1n) is 4.78. The molecule has 0 aliphatic rings. The lowest BCUT2D eigenvalue weighted by molar-refractivity contribution is -0.144. The van der Waals surface area contributed by atoms with Crippen molar-refractivity contribution < 1.29 is 9.53 Å². The van der Waals surface area contributed by atoms with E-state index in [-0.39, 0.29) is 0 Å². The van der Waals surface area contributed by atoms with Crippen molar-refractivity contribution in [2.75, 3.05) is 6.61 Å². The molecule has 0 aliphatic carbocycles. The number of halogens is 1. The van der Waals surface area contributed by atoms with Crippen LogP contribution in [-0.4, -0.2) is 18.6 Å². The van der Waals surface area contributed by atoms with Gasteiger partial charge in [0.15, 0.2) is 0 Å². The van der Waals surface area contributed by atoms with E-state index in [0.29, 0.717) is 6.61 Å². The Bertz CT molecular complexity index is 316. The first-order chi connectivity index (χ1) is 7.16. The van der Waals surface area contributed by atoms with Gasteiger partial charge in [-0.05, 0) is 12.5 Å². The van der Waals surface area contributed by atoms with Gasteiger partial charge in [0.2, 0.25) is 0 Å². The number of esters is 1. The summed E-state index contributed by atoms with van der Waals surface area (Å²) in [4.78, 5) is 11.3. The Morgan fingerprint density at radius 1 is 1.47 bits per heavy atom. The Kier molecular flexibility index (Phi) is 4.59. The second kappa shape index (κ2) is 5.73. The molecule has 0 saturated carbocycles. The predicted octanol–water partition coefficient (Wildman–Crippen LogP) is 1.86. The van der Waals surface area contributed by atoms with E-state index in [1.807, 2.05) is 30.3 Å². The summed E-state index contributed by atoms with van der Waals surface area (Å²) in [5, 5.41) is -0.551. The van der Waals surface area contributed by atoms with Gasteiger partial charge in [0.25, 0.3) is 0 Å². The lowest BCUT2D eigenvalue weighted by atomic mass is 10.1. The van der Waals surface area contributed by atoms with E-state index in [2.05, 4.69) is 0 Å². The molecule has 0 radical (unpaired) electrons. The Hall–Kier alpha value is -1.06. The van der Waals surface area contributed by atoms with Crippen molar-refractivity contribution in [2.45, 2.75) is 18.3 Å². The Morgan fingerprint density at radius 3 is 2.60 bits per heavy atom. The Labute approximate surface area is 94.2 Å². The van der Waals surface area contributed by atoms with Gasteiger partial charge in [0.1, 0.15) is 6.04 Å². The smallest absolute Gasteiger partial charge is 0.324 e. The topological polar surface area (TPSA) is 52.3 Å². The van der Waals surface area contributed by atoms with Gasteiger partial charge in [-0.25, -0.2) is 0 Å². The normalized spacial score (nSPS) is 14.3. The number of alkyl halides is 1. The van der Waals surface area contributed by atoms with Gasteiger partial charge >= 0.3 is 5.97 Å². The van der Waals surface area contributed by atoms with Crippen LogP contribution < -0.4 is 5.73 Å². The molecule has 1 aromatic carbocycles. The highest BCUT2D eigenvalue weighted by Gasteiger charge is 2.24. The minimum Gasteiger partial charge on any atom is -0.465 e. The van der Waals surface area contributed by atoms with Gasteiger partial charge in [-0.3, -0.25) is 4.79 Å². The van der Waals surface area contributed by atoms with Crippen LogP contribution in [-0.2, 0) is 9.53 Å². The third-order valence-corrected chi connectivity index (χ3v) is 2.52. The number of ether oxygens (including phenoxy) is 1. The van der Waals surface area contributed by atoms with Crippen molar-refractivity contribution >= 4 is 17.6 Å². The van der Waals surface area contributed by atoms with Crippen LogP contribution in [0.2, 0.25) is 0 Å². The molecule has 4 heteroatoms. The van der Waals surface area contributed by atoms with Crippen LogP contribution in [0.5, 0.6) is 0 Å². The molecule has 1 aromatic rings. The summed E-state index contributed by atoms with van der Waals surface area (Å²) >= 11 is 6.06. The fourth-order valence-electron chi connectivity index (χ4n) is 1.20. The molecule has 0 aromatic heterocycles. The molecular formula is C11H14ClNO2. The van der Waals surface area contributed by atoms with Crippen LogP contribution in [0.1, 0.15) is 17.9 Å². The molecule has 0 amide bonds. The predicted molar refractivity (Wildman–Crippen MR) is 59.6 cm³/mol. The molecule has 82 valence electrons. The highest BCUT2D eigenvalue weighted by molar-refractivity contribution is 6.22. The van der Waals surface area contributed by atoms with Crippen molar-refractivity contribution in [1.82, 2.24) is 0 Å². The van der Waals surface area contributed by atoms with Gasteiger partial charge in [0.05, 0.1) is 12.0 Å². The maximum absolute atomic E-state index is 11.3. The van der Waals surface area contributed by atoms with Crippen LogP contribution in [0.4, 0.5) is 0 Å². The average molecular weight is 228 g/mol. The van der Waals surface area contributed by atoms with E-state index in [0.717, 1.165) is 5.56 Å². The maximum Gasteiger partial charge on any atom is 0.324 e. The molecule has 3 nitrogen and oxygen atoms in total. The van der Waals surface area contributed by atoms with Crippen LogP contribution in [0.25, 0.3) is 0 Å². The molecule has 0 fully saturated rings. The zero-order valence-electron chi connectivity index (χ0n) is 8.52. The highest BCUT2D eigenvalue weighted by Crippen LogP contribution is 2.23. The molecular weight excluding hydrogens is 214 g/mol. The number of hydrogen-bond acceptors (Lipinski definition) is 3. The van der Waals surface area contributed by atoms with Gasteiger partial charge in [-0.15, -0.1) is 11.6 Å². The number of rotatable bonds is 4. The third kappa shape index (κ3) is 3.22. The van der Waals surface area contributed by atoms with Crippen molar-refractivity contribution in [3.05, 3.63) is 35.9 Å².